The molecule has 3 aromatic rings. The average Bonchev–Trinajstić information content (AvgIpc) is 2.76. The maximum Gasteiger partial charge on any atom is 0.292 e. The predicted molar refractivity (Wildman–Crippen MR) is 111 cm³/mol. The lowest BCUT2D eigenvalue weighted by Crippen LogP contribution is -2.47. The van der Waals surface area contributed by atoms with E-state index in [-0.39, 0.29) is 16.6 Å². The molecule has 0 amide bonds. The number of hydrogen-bond donors (Lipinski definition) is 0. The van der Waals surface area contributed by atoms with Crippen LogP contribution in [-0.2, 0) is 0 Å². The highest BCUT2D eigenvalue weighted by atomic mass is 35.5. The highest BCUT2D eigenvalue weighted by molar-refractivity contribution is 6.33. The summed E-state index contributed by atoms with van der Waals surface area (Å²) in [5, 5.41) is 12.7. The van der Waals surface area contributed by atoms with Crippen LogP contribution in [0.1, 0.15) is 12.8 Å². The molecule has 28 heavy (non-hydrogen) atoms. The monoisotopic (exact) mass is 396 g/mol. The quantitative estimate of drug-likeness (QED) is 0.675. The zero-order valence-electron chi connectivity index (χ0n) is 15.6. The molecule has 1 atom stereocenters. The fraction of sp³-hybridized carbons (Fsp3) is 0.300. The van der Waals surface area contributed by atoms with Crippen molar-refractivity contribution >= 4 is 23.1 Å². The van der Waals surface area contributed by atoms with E-state index >= 15 is 0 Å². The van der Waals surface area contributed by atoms with Crippen LogP contribution in [0.2, 0.25) is 5.02 Å². The van der Waals surface area contributed by atoms with Gasteiger partial charge in [-0.05, 0) is 37.1 Å². The Morgan fingerprint density at radius 2 is 2.00 bits per heavy atom. The van der Waals surface area contributed by atoms with Crippen molar-refractivity contribution in [2.24, 2.45) is 0 Å². The largest absolute Gasteiger partial charge is 0.367 e. The lowest BCUT2D eigenvalue weighted by Gasteiger charge is -2.39. The highest BCUT2D eigenvalue weighted by Gasteiger charge is 2.26. The summed E-state index contributed by atoms with van der Waals surface area (Å²) >= 11 is 6.46. The van der Waals surface area contributed by atoms with Crippen LogP contribution in [0.3, 0.4) is 0 Å². The zero-order chi connectivity index (χ0) is 19.5. The van der Waals surface area contributed by atoms with Crippen LogP contribution < -0.4 is 15.4 Å². The van der Waals surface area contributed by atoms with Gasteiger partial charge in [0, 0.05) is 32.4 Å². The van der Waals surface area contributed by atoms with Crippen molar-refractivity contribution in [1.29, 1.82) is 0 Å². The SMILES string of the molecule is CN(c1cnn(-c2ccccc2)c(=O)c1Cl)C1CCCN(c2cccnn2)C1. The van der Waals surface area contributed by atoms with Crippen LogP contribution >= 0.6 is 11.6 Å². The van der Waals surface area contributed by atoms with Gasteiger partial charge in [-0.1, -0.05) is 29.8 Å². The standard InChI is InChI=1S/C20H21ClN6O/c1-25(16-9-6-12-26(14-16)18-10-5-11-22-24-18)17-13-23-27(20(28)19(17)21)15-7-3-2-4-8-15/h2-5,7-8,10-11,13,16H,6,9,12,14H2,1H3. The summed E-state index contributed by atoms with van der Waals surface area (Å²) in [7, 11) is 1.96. The molecule has 4 rings (SSSR count). The van der Waals surface area contributed by atoms with Crippen LogP contribution in [0.25, 0.3) is 5.69 Å². The number of piperidine rings is 1. The average molecular weight is 397 g/mol. The second-order valence-electron chi connectivity index (χ2n) is 6.83. The van der Waals surface area contributed by atoms with Gasteiger partial charge in [0.05, 0.1) is 17.6 Å². The van der Waals surface area contributed by atoms with Crippen molar-refractivity contribution in [1.82, 2.24) is 20.0 Å². The van der Waals surface area contributed by atoms with Crippen molar-refractivity contribution in [3.63, 3.8) is 0 Å². The number of rotatable bonds is 4. The second kappa shape index (κ2) is 7.98. The molecule has 2 aromatic heterocycles. The first-order valence-corrected chi connectivity index (χ1v) is 9.61. The number of likely N-dealkylation sites (N-methyl/N-ethyl adjacent to an activating group) is 1. The molecule has 0 radical (unpaired) electrons. The minimum absolute atomic E-state index is 0.179. The maximum atomic E-state index is 12.8. The van der Waals surface area contributed by atoms with Gasteiger partial charge in [-0.15, -0.1) is 5.10 Å². The third-order valence-electron chi connectivity index (χ3n) is 5.11. The molecule has 1 fully saturated rings. The zero-order valence-corrected chi connectivity index (χ0v) is 16.3. The van der Waals surface area contributed by atoms with E-state index < -0.39 is 0 Å². The molecule has 0 aliphatic carbocycles. The van der Waals surface area contributed by atoms with Crippen LogP contribution in [-0.4, -0.2) is 46.2 Å². The number of para-hydroxylation sites is 1. The fourth-order valence-corrected chi connectivity index (χ4v) is 3.82. The minimum Gasteiger partial charge on any atom is -0.367 e. The third-order valence-corrected chi connectivity index (χ3v) is 5.46. The lowest BCUT2D eigenvalue weighted by atomic mass is 10.0. The van der Waals surface area contributed by atoms with Crippen molar-refractivity contribution in [2.45, 2.75) is 18.9 Å². The van der Waals surface area contributed by atoms with Crippen molar-refractivity contribution in [2.75, 3.05) is 29.9 Å². The molecule has 1 aliphatic rings. The van der Waals surface area contributed by atoms with Crippen molar-refractivity contribution < 1.29 is 0 Å². The van der Waals surface area contributed by atoms with E-state index in [4.69, 9.17) is 11.6 Å². The van der Waals surface area contributed by atoms with E-state index in [2.05, 4.69) is 25.1 Å². The molecule has 1 saturated heterocycles. The molecule has 1 unspecified atom stereocenters. The van der Waals surface area contributed by atoms with Gasteiger partial charge >= 0.3 is 0 Å². The Bertz CT molecular complexity index is 995. The van der Waals surface area contributed by atoms with Gasteiger partial charge in [-0.25, -0.2) is 0 Å². The van der Waals surface area contributed by atoms with Gasteiger partial charge < -0.3 is 9.80 Å². The summed E-state index contributed by atoms with van der Waals surface area (Å²) in [6.07, 6.45) is 5.37. The van der Waals surface area contributed by atoms with E-state index in [9.17, 15) is 4.79 Å². The Morgan fingerprint density at radius 3 is 2.75 bits per heavy atom. The summed E-state index contributed by atoms with van der Waals surface area (Å²) in [4.78, 5) is 17.0. The highest BCUT2D eigenvalue weighted by Crippen LogP contribution is 2.27. The summed E-state index contributed by atoms with van der Waals surface area (Å²) in [6.45, 7) is 1.72. The predicted octanol–water partition coefficient (Wildman–Crippen LogP) is 2.78. The maximum absolute atomic E-state index is 12.8. The van der Waals surface area contributed by atoms with E-state index in [0.29, 0.717) is 11.4 Å². The number of aromatic nitrogens is 4. The Kier molecular flexibility index (Phi) is 5.25. The topological polar surface area (TPSA) is 67.2 Å². The van der Waals surface area contributed by atoms with Gasteiger partial charge in [0.1, 0.15) is 5.02 Å². The number of nitrogens with zero attached hydrogens (tertiary/aromatic N) is 6. The Hall–Kier alpha value is -2.93. The molecule has 0 saturated carbocycles. The molecule has 144 valence electrons. The second-order valence-corrected chi connectivity index (χ2v) is 7.21. The molecule has 0 spiro atoms. The molecular weight excluding hydrogens is 376 g/mol. The molecule has 7 nitrogen and oxygen atoms in total. The van der Waals surface area contributed by atoms with Crippen molar-refractivity contribution in [3.05, 3.63) is 70.2 Å². The molecule has 0 N–H and O–H groups in total. The van der Waals surface area contributed by atoms with Crippen LogP contribution in [0.5, 0.6) is 0 Å². The Labute approximate surface area is 168 Å². The number of anilines is 2. The van der Waals surface area contributed by atoms with E-state index in [1.807, 2.05) is 49.5 Å². The lowest BCUT2D eigenvalue weighted by molar-refractivity contribution is 0.484. The Morgan fingerprint density at radius 1 is 1.18 bits per heavy atom. The minimum atomic E-state index is -0.321. The molecule has 1 aromatic carbocycles. The van der Waals surface area contributed by atoms with E-state index in [0.717, 1.165) is 31.7 Å². The van der Waals surface area contributed by atoms with Gasteiger partial charge in [-0.3, -0.25) is 4.79 Å². The van der Waals surface area contributed by atoms with Crippen LogP contribution in [0, 0.1) is 0 Å². The molecule has 0 bridgehead atoms. The van der Waals surface area contributed by atoms with E-state index in [1.165, 1.54) is 4.68 Å². The third kappa shape index (κ3) is 3.57. The first-order valence-electron chi connectivity index (χ1n) is 9.24. The normalized spacial score (nSPS) is 16.8. The summed E-state index contributed by atoms with van der Waals surface area (Å²) < 4.78 is 1.33. The first kappa shape index (κ1) is 18.4. The van der Waals surface area contributed by atoms with Gasteiger partial charge in [0.15, 0.2) is 5.82 Å². The fourth-order valence-electron chi connectivity index (χ4n) is 3.56. The van der Waals surface area contributed by atoms with Crippen LogP contribution in [0.4, 0.5) is 11.5 Å². The van der Waals surface area contributed by atoms with E-state index in [1.54, 1.807) is 12.4 Å². The van der Waals surface area contributed by atoms with Crippen LogP contribution in [0.15, 0.2) is 59.7 Å². The Balaban J connectivity index is 1.59. The first-order chi connectivity index (χ1) is 13.6. The summed E-state index contributed by atoms with van der Waals surface area (Å²) in [5.74, 6) is 0.865. The molecule has 1 aliphatic heterocycles. The van der Waals surface area contributed by atoms with Gasteiger partial charge in [0.2, 0.25) is 0 Å². The number of hydrogen-bond acceptors (Lipinski definition) is 6. The van der Waals surface area contributed by atoms with Gasteiger partial charge in [-0.2, -0.15) is 14.9 Å². The number of benzene rings is 1. The summed E-state index contributed by atoms with van der Waals surface area (Å²) in [6, 6.07) is 13.3. The van der Waals surface area contributed by atoms with Gasteiger partial charge in [0.25, 0.3) is 5.56 Å². The molecule has 3 heterocycles. The van der Waals surface area contributed by atoms with Crippen molar-refractivity contribution in [3.8, 4) is 5.69 Å². The summed E-state index contributed by atoms with van der Waals surface area (Å²) in [5.41, 5.74) is 1.01. The molecule has 8 heteroatoms. The smallest absolute Gasteiger partial charge is 0.292 e. The number of halogens is 1. The molecular formula is C20H21ClN6O.